The number of anilines is 3. The molecular formula is C24H26FN5O2. The first-order valence-corrected chi connectivity index (χ1v) is 10.4. The van der Waals surface area contributed by atoms with Gasteiger partial charge in [0.05, 0.1) is 30.1 Å². The summed E-state index contributed by atoms with van der Waals surface area (Å²) in [5.41, 5.74) is 3.73. The van der Waals surface area contributed by atoms with Crippen molar-refractivity contribution in [1.82, 2.24) is 15.3 Å². The topological polar surface area (TPSA) is 90.4 Å². The number of aryl methyl sites for hydroxylation is 2. The fourth-order valence-electron chi connectivity index (χ4n) is 3.71. The summed E-state index contributed by atoms with van der Waals surface area (Å²) in [4.78, 5) is 23.9. The fourth-order valence-corrected chi connectivity index (χ4v) is 3.71. The Bertz CT molecular complexity index is 1200. The van der Waals surface area contributed by atoms with E-state index in [1.807, 2.05) is 52.0 Å². The zero-order chi connectivity index (χ0) is 23.0. The zero-order valence-electron chi connectivity index (χ0n) is 18.5. The minimum absolute atomic E-state index is 0.139. The van der Waals surface area contributed by atoms with Crippen LogP contribution >= 0.6 is 0 Å². The van der Waals surface area contributed by atoms with Gasteiger partial charge in [-0.05, 0) is 63.1 Å². The van der Waals surface area contributed by atoms with E-state index in [-0.39, 0.29) is 30.9 Å². The summed E-state index contributed by atoms with van der Waals surface area (Å²) in [6.45, 7) is 7.50. The van der Waals surface area contributed by atoms with Gasteiger partial charge in [-0.1, -0.05) is 18.2 Å². The van der Waals surface area contributed by atoms with E-state index < -0.39 is 5.54 Å². The molecule has 8 heteroatoms. The molecule has 1 aliphatic rings. The van der Waals surface area contributed by atoms with Crippen LogP contribution in [0.4, 0.5) is 26.6 Å². The fraction of sp³-hybridized carbons (Fsp3) is 0.292. The quantitative estimate of drug-likeness (QED) is 0.551. The summed E-state index contributed by atoms with van der Waals surface area (Å²) >= 11 is 0. The van der Waals surface area contributed by atoms with Crippen molar-refractivity contribution in [2.45, 2.75) is 39.8 Å². The van der Waals surface area contributed by atoms with E-state index in [0.717, 1.165) is 22.3 Å². The molecule has 0 saturated heterocycles. The van der Waals surface area contributed by atoms with Crippen LogP contribution in [-0.2, 0) is 6.54 Å². The monoisotopic (exact) mass is 435 g/mol. The predicted octanol–water partition coefficient (Wildman–Crippen LogP) is 4.44. The second-order valence-electron chi connectivity index (χ2n) is 8.60. The number of carbonyl (C=O) groups is 1. The molecule has 0 fully saturated rings. The SMILES string of the molecule is Cc1cc(F)ccc1-c1nc(NC(C)(C)CO)nc2c1CNC(=O)N2c1ccccc1C. The number of aliphatic hydroxyl groups is 1. The molecule has 32 heavy (non-hydrogen) atoms. The molecule has 1 aromatic heterocycles. The summed E-state index contributed by atoms with van der Waals surface area (Å²) in [6, 6.07) is 11.8. The third kappa shape index (κ3) is 4.01. The molecule has 1 aliphatic heterocycles. The van der Waals surface area contributed by atoms with Crippen molar-refractivity contribution in [2.75, 3.05) is 16.8 Å². The van der Waals surface area contributed by atoms with Crippen LogP contribution in [0.25, 0.3) is 11.3 Å². The number of halogens is 1. The van der Waals surface area contributed by atoms with Gasteiger partial charge >= 0.3 is 6.03 Å². The van der Waals surface area contributed by atoms with E-state index in [1.165, 1.54) is 17.0 Å². The van der Waals surface area contributed by atoms with Crippen molar-refractivity contribution >= 4 is 23.5 Å². The van der Waals surface area contributed by atoms with Crippen molar-refractivity contribution in [3.63, 3.8) is 0 Å². The van der Waals surface area contributed by atoms with Crippen LogP contribution in [-0.4, -0.2) is 33.3 Å². The highest BCUT2D eigenvalue weighted by Gasteiger charge is 2.32. The van der Waals surface area contributed by atoms with Crippen molar-refractivity contribution in [3.05, 3.63) is 65.0 Å². The Balaban J connectivity index is 1.98. The molecule has 2 heterocycles. The number of benzene rings is 2. The van der Waals surface area contributed by atoms with Crippen LogP contribution in [0.3, 0.4) is 0 Å². The average Bonchev–Trinajstić information content (AvgIpc) is 2.74. The number of hydrogen-bond acceptors (Lipinski definition) is 5. The standard InChI is InChI=1S/C24H26FN5O2/c1-14-7-5-6-8-19(14)30-21-18(12-26-23(30)32)20(17-10-9-16(25)11-15(17)2)27-22(28-21)29-24(3,4)13-31/h5-11,31H,12-13H2,1-4H3,(H,26,32)(H,27,28,29). The number of aliphatic hydroxyl groups excluding tert-OH is 1. The lowest BCUT2D eigenvalue weighted by atomic mass is 9.99. The van der Waals surface area contributed by atoms with Gasteiger partial charge < -0.3 is 15.7 Å². The van der Waals surface area contributed by atoms with Crippen LogP contribution in [0.1, 0.15) is 30.5 Å². The van der Waals surface area contributed by atoms with Crippen molar-refractivity contribution in [2.24, 2.45) is 0 Å². The van der Waals surface area contributed by atoms with Gasteiger partial charge in [-0.25, -0.2) is 19.1 Å². The minimum atomic E-state index is -0.687. The van der Waals surface area contributed by atoms with Crippen LogP contribution < -0.4 is 15.5 Å². The number of carbonyl (C=O) groups excluding carboxylic acids is 1. The third-order valence-electron chi connectivity index (χ3n) is 5.46. The summed E-state index contributed by atoms with van der Waals surface area (Å²) in [7, 11) is 0. The second kappa shape index (κ2) is 8.20. The largest absolute Gasteiger partial charge is 0.394 e. The van der Waals surface area contributed by atoms with Crippen LogP contribution in [0, 0.1) is 19.7 Å². The molecule has 0 aliphatic carbocycles. The molecule has 7 nitrogen and oxygen atoms in total. The lowest BCUT2D eigenvalue weighted by molar-refractivity contribution is 0.233. The first-order valence-electron chi connectivity index (χ1n) is 10.4. The zero-order valence-corrected chi connectivity index (χ0v) is 18.5. The molecular weight excluding hydrogens is 409 g/mol. The number of fused-ring (bicyclic) bond motifs is 1. The lowest BCUT2D eigenvalue weighted by Crippen LogP contribution is -2.43. The maximum absolute atomic E-state index is 13.8. The highest BCUT2D eigenvalue weighted by molar-refractivity contribution is 6.02. The molecule has 2 aromatic carbocycles. The Morgan fingerprint density at radius 1 is 1.16 bits per heavy atom. The number of urea groups is 1. The number of aromatic nitrogens is 2. The molecule has 0 radical (unpaired) electrons. The summed E-state index contributed by atoms with van der Waals surface area (Å²) in [6.07, 6.45) is 0. The average molecular weight is 436 g/mol. The first kappa shape index (κ1) is 21.7. The number of nitrogens with one attached hydrogen (secondary N) is 2. The predicted molar refractivity (Wildman–Crippen MR) is 123 cm³/mol. The van der Waals surface area contributed by atoms with Gasteiger partial charge in [0.2, 0.25) is 5.95 Å². The summed E-state index contributed by atoms with van der Waals surface area (Å²) < 4.78 is 13.8. The Morgan fingerprint density at radius 2 is 1.91 bits per heavy atom. The van der Waals surface area contributed by atoms with Gasteiger partial charge in [0.1, 0.15) is 5.82 Å². The highest BCUT2D eigenvalue weighted by atomic mass is 19.1. The molecule has 2 amide bonds. The Labute approximate surface area is 186 Å². The number of rotatable bonds is 5. The van der Waals surface area contributed by atoms with E-state index in [2.05, 4.69) is 15.6 Å². The Hall–Kier alpha value is -3.52. The van der Waals surface area contributed by atoms with Gasteiger partial charge in [0.25, 0.3) is 0 Å². The maximum atomic E-state index is 13.8. The molecule has 4 rings (SSSR count). The normalized spacial score (nSPS) is 13.6. The van der Waals surface area contributed by atoms with E-state index in [1.54, 1.807) is 6.07 Å². The molecule has 0 saturated carbocycles. The molecule has 166 valence electrons. The third-order valence-corrected chi connectivity index (χ3v) is 5.46. The Morgan fingerprint density at radius 3 is 2.59 bits per heavy atom. The first-order chi connectivity index (χ1) is 15.2. The molecule has 3 aromatic rings. The van der Waals surface area contributed by atoms with Gasteiger partial charge in [0, 0.05) is 11.1 Å². The smallest absolute Gasteiger partial charge is 0.328 e. The molecule has 0 bridgehead atoms. The van der Waals surface area contributed by atoms with Crippen molar-refractivity contribution in [1.29, 1.82) is 0 Å². The van der Waals surface area contributed by atoms with Gasteiger partial charge in [0.15, 0.2) is 5.82 Å². The van der Waals surface area contributed by atoms with Crippen molar-refractivity contribution in [3.8, 4) is 11.3 Å². The molecule has 0 spiro atoms. The Kier molecular flexibility index (Phi) is 5.56. The van der Waals surface area contributed by atoms with Crippen LogP contribution in [0.5, 0.6) is 0 Å². The number of amides is 2. The second-order valence-corrected chi connectivity index (χ2v) is 8.60. The number of nitrogens with zero attached hydrogens (tertiary/aromatic N) is 3. The van der Waals surface area contributed by atoms with E-state index in [4.69, 9.17) is 4.98 Å². The summed E-state index contributed by atoms with van der Waals surface area (Å²) in [5.74, 6) is 0.395. The number of hydrogen-bond donors (Lipinski definition) is 3. The van der Waals surface area contributed by atoms with Gasteiger partial charge in [-0.15, -0.1) is 0 Å². The lowest BCUT2D eigenvalue weighted by Gasteiger charge is -2.32. The highest BCUT2D eigenvalue weighted by Crippen LogP contribution is 2.38. The van der Waals surface area contributed by atoms with Crippen molar-refractivity contribution < 1.29 is 14.3 Å². The van der Waals surface area contributed by atoms with E-state index >= 15 is 0 Å². The molecule has 3 N–H and O–H groups in total. The maximum Gasteiger partial charge on any atom is 0.328 e. The molecule has 0 unspecified atom stereocenters. The minimum Gasteiger partial charge on any atom is -0.394 e. The van der Waals surface area contributed by atoms with Crippen LogP contribution in [0.2, 0.25) is 0 Å². The molecule has 0 atom stereocenters. The van der Waals surface area contributed by atoms with Crippen LogP contribution in [0.15, 0.2) is 42.5 Å². The van der Waals surface area contributed by atoms with E-state index in [0.29, 0.717) is 17.2 Å². The van der Waals surface area contributed by atoms with Gasteiger partial charge in [-0.2, -0.15) is 4.98 Å². The van der Waals surface area contributed by atoms with Gasteiger partial charge in [-0.3, -0.25) is 0 Å². The number of para-hydroxylation sites is 1. The van der Waals surface area contributed by atoms with E-state index in [9.17, 15) is 14.3 Å². The summed E-state index contributed by atoms with van der Waals surface area (Å²) in [5, 5.41) is 15.8.